The number of aliphatic carboxylic acids is 4. The number of carbonyl (C=O) groups is 4. The van der Waals surface area contributed by atoms with Crippen LogP contribution in [0.5, 0.6) is 0 Å². The molecule has 22 heteroatoms. The molecular formula is C25H28F9N3O10. The van der Waals surface area contributed by atoms with Gasteiger partial charge in [-0.1, -0.05) is 0 Å². The second-order valence-electron chi connectivity index (χ2n) is 9.68. The molecule has 4 N–H and O–H groups in total. The van der Waals surface area contributed by atoms with Crippen molar-refractivity contribution in [1.29, 1.82) is 0 Å². The topological polar surface area (TPSA) is 185 Å². The van der Waals surface area contributed by atoms with Crippen molar-refractivity contribution in [2.75, 3.05) is 39.3 Å². The van der Waals surface area contributed by atoms with Gasteiger partial charge >= 0.3 is 42.4 Å². The van der Waals surface area contributed by atoms with Crippen molar-refractivity contribution < 1.29 is 88.0 Å². The van der Waals surface area contributed by atoms with Crippen LogP contribution in [-0.4, -0.2) is 123 Å². The maximum atomic E-state index is 11.7. The van der Waals surface area contributed by atoms with Gasteiger partial charge in [-0.3, -0.25) is 19.5 Å². The average Bonchev–Trinajstić information content (AvgIpc) is 3.60. The second-order valence-corrected chi connectivity index (χ2v) is 9.68. The van der Waals surface area contributed by atoms with E-state index in [1.165, 1.54) is 0 Å². The lowest BCUT2D eigenvalue weighted by Crippen LogP contribution is -2.55. The van der Waals surface area contributed by atoms with Crippen LogP contribution in [0, 0.1) is 5.92 Å². The molecule has 2 unspecified atom stereocenters. The number of alkyl halides is 9. The Hall–Kier alpha value is -4.31. The third kappa shape index (κ3) is 15.7. The molecule has 4 heterocycles. The molecule has 13 nitrogen and oxygen atoms in total. The van der Waals surface area contributed by atoms with E-state index in [1.807, 2.05) is 24.3 Å². The van der Waals surface area contributed by atoms with Gasteiger partial charge in [0.05, 0.1) is 31.5 Å². The minimum absolute atomic E-state index is 0.318. The number of halogens is 9. The van der Waals surface area contributed by atoms with E-state index in [9.17, 15) is 49.4 Å². The van der Waals surface area contributed by atoms with E-state index in [1.54, 1.807) is 12.5 Å². The van der Waals surface area contributed by atoms with Crippen LogP contribution >= 0.6 is 0 Å². The van der Waals surface area contributed by atoms with E-state index in [-0.39, 0.29) is 5.92 Å². The average molecular weight is 701 g/mol. The highest BCUT2D eigenvalue weighted by Crippen LogP contribution is 2.22. The summed E-state index contributed by atoms with van der Waals surface area (Å²) in [5.74, 6) is -7.50. The van der Waals surface area contributed by atoms with E-state index in [0.717, 1.165) is 44.2 Å². The Labute approximate surface area is 258 Å². The van der Waals surface area contributed by atoms with E-state index < -0.39 is 42.4 Å². The second kappa shape index (κ2) is 17.6. The van der Waals surface area contributed by atoms with Crippen LogP contribution in [0.25, 0.3) is 0 Å². The summed E-state index contributed by atoms with van der Waals surface area (Å²) in [6.07, 6.45) is -11.9. The molecule has 0 aliphatic carbocycles. The molecule has 2 aromatic heterocycles. The Morgan fingerprint density at radius 2 is 1.02 bits per heavy atom. The van der Waals surface area contributed by atoms with Gasteiger partial charge < -0.3 is 29.3 Å². The van der Waals surface area contributed by atoms with Crippen molar-refractivity contribution in [3.05, 3.63) is 48.3 Å². The standard InChI is InChI=1S/C19H25N3O4.3C2HF3O2/c23-19(24)15-9-21(14-18-4-2-8-26-18)12-16-11-20(5-6-22(16)10-15)13-17-3-1-7-25-17;3*3-2(4,5)1(6)7/h1-4,7-8,15-16H,5-6,9-14H2,(H,23,24);3*(H,6,7). The number of hydrogen-bond acceptors (Lipinski definition) is 9. The molecule has 2 aromatic rings. The Morgan fingerprint density at radius 1 is 0.638 bits per heavy atom. The van der Waals surface area contributed by atoms with Crippen LogP contribution in [0.2, 0.25) is 0 Å². The van der Waals surface area contributed by atoms with Crippen molar-refractivity contribution in [1.82, 2.24) is 14.7 Å². The van der Waals surface area contributed by atoms with Crippen LogP contribution in [0.15, 0.2) is 45.6 Å². The third-order valence-electron chi connectivity index (χ3n) is 6.09. The minimum Gasteiger partial charge on any atom is -0.481 e. The first-order chi connectivity index (χ1) is 21.5. The van der Waals surface area contributed by atoms with Gasteiger partial charge in [-0.25, -0.2) is 14.4 Å². The van der Waals surface area contributed by atoms with Gasteiger partial charge in [0.25, 0.3) is 0 Å². The van der Waals surface area contributed by atoms with Crippen LogP contribution < -0.4 is 0 Å². The first-order valence-corrected chi connectivity index (χ1v) is 12.9. The monoisotopic (exact) mass is 701 g/mol. The van der Waals surface area contributed by atoms with Gasteiger partial charge in [-0.2, -0.15) is 39.5 Å². The van der Waals surface area contributed by atoms with Gasteiger partial charge in [0.15, 0.2) is 0 Å². The normalized spacial score (nSPS) is 19.3. The number of hydrogen-bond donors (Lipinski definition) is 4. The maximum absolute atomic E-state index is 11.7. The maximum Gasteiger partial charge on any atom is 0.490 e. The minimum atomic E-state index is -5.08. The molecule has 4 rings (SSSR count). The summed E-state index contributed by atoms with van der Waals surface area (Å²) in [6.45, 7) is 6.22. The molecule has 2 saturated heterocycles. The fraction of sp³-hybridized carbons (Fsp3) is 0.520. The number of rotatable bonds is 5. The fourth-order valence-electron chi connectivity index (χ4n) is 4.07. The van der Waals surface area contributed by atoms with Gasteiger partial charge in [-0.05, 0) is 24.3 Å². The van der Waals surface area contributed by atoms with Gasteiger partial charge in [0.1, 0.15) is 11.5 Å². The summed E-state index contributed by atoms with van der Waals surface area (Å²) in [6, 6.07) is 8.06. The predicted octanol–water partition coefficient (Wildman–Crippen LogP) is 3.48. The summed E-state index contributed by atoms with van der Waals surface area (Å²) in [4.78, 5) is 45.4. The highest BCUT2D eigenvalue weighted by molar-refractivity contribution is 5.73. The number of fused-ring (bicyclic) bond motifs is 1. The number of carboxylic acid groups (broad SMARTS) is 4. The number of piperazine rings is 1. The lowest BCUT2D eigenvalue weighted by Gasteiger charge is -2.41. The number of nitrogens with zero attached hydrogens (tertiary/aromatic N) is 3. The predicted molar refractivity (Wildman–Crippen MR) is 136 cm³/mol. The van der Waals surface area contributed by atoms with Crippen molar-refractivity contribution in [3.8, 4) is 0 Å². The zero-order chi connectivity index (χ0) is 36.2. The van der Waals surface area contributed by atoms with Crippen molar-refractivity contribution in [3.63, 3.8) is 0 Å². The molecule has 0 amide bonds. The Bertz CT molecular complexity index is 1210. The van der Waals surface area contributed by atoms with Crippen LogP contribution in [0.3, 0.4) is 0 Å². The van der Waals surface area contributed by atoms with Crippen molar-refractivity contribution in [2.45, 2.75) is 37.7 Å². The first kappa shape index (κ1) is 40.7. The molecule has 2 atom stereocenters. The number of carboxylic acids is 4. The van der Waals surface area contributed by atoms with E-state index in [2.05, 4.69) is 14.7 Å². The van der Waals surface area contributed by atoms with Crippen molar-refractivity contribution >= 4 is 23.9 Å². The van der Waals surface area contributed by atoms with E-state index in [4.69, 9.17) is 38.5 Å². The van der Waals surface area contributed by atoms with Gasteiger partial charge in [0, 0.05) is 45.3 Å². The largest absolute Gasteiger partial charge is 0.490 e. The SMILES string of the molecule is O=C(O)C(F)(F)F.O=C(O)C(F)(F)F.O=C(O)C(F)(F)F.O=C(O)C1CN(Cc2ccco2)CC2CN(Cc3ccco3)CCN2C1. The fourth-order valence-corrected chi connectivity index (χ4v) is 4.07. The highest BCUT2D eigenvalue weighted by atomic mass is 19.4. The molecule has 0 spiro atoms. The molecule has 2 fully saturated rings. The van der Waals surface area contributed by atoms with Gasteiger partial charge in [0.2, 0.25) is 0 Å². The molecule has 0 radical (unpaired) electrons. The van der Waals surface area contributed by atoms with Crippen LogP contribution in [0.4, 0.5) is 39.5 Å². The third-order valence-corrected chi connectivity index (χ3v) is 6.09. The lowest BCUT2D eigenvalue weighted by molar-refractivity contribution is -0.193. The molecule has 266 valence electrons. The summed E-state index contributed by atoms with van der Waals surface area (Å²) in [5.41, 5.74) is 0. The zero-order valence-electron chi connectivity index (χ0n) is 23.8. The Morgan fingerprint density at radius 3 is 1.36 bits per heavy atom. The highest BCUT2D eigenvalue weighted by Gasteiger charge is 2.40. The van der Waals surface area contributed by atoms with Crippen molar-refractivity contribution in [2.24, 2.45) is 5.92 Å². The Kier molecular flexibility index (Phi) is 15.2. The van der Waals surface area contributed by atoms with Crippen LogP contribution in [-0.2, 0) is 32.3 Å². The molecule has 2 aliphatic rings. The summed E-state index contributed by atoms with van der Waals surface area (Å²) < 4.78 is 106. The van der Waals surface area contributed by atoms with Gasteiger partial charge in [-0.15, -0.1) is 0 Å². The first-order valence-electron chi connectivity index (χ1n) is 12.9. The Balaban J connectivity index is 0.000000430. The van der Waals surface area contributed by atoms with E-state index >= 15 is 0 Å². The number of furan rings is 2. The van der Waals surface area contributed by atoms with E-state index in [0.29, 0.717) is 25.7 Å². The summed E-state index contributed by atoms with van der Waals surface area (Å²) in [5, 5.41) is 31.0. The molecule has 0 aromatic carbocycles. The zero-order valence-corrected chi connectivity index (χ0v) is 23.8. The molecular weight excluding hydrogens is 673 g/mol. The molecule has 47 heavy (non-hydrogen) atoms. The molecule has 0 bridgehead atoms. The molecule has 0 saturated carbocycles. The van der Waals surface area contributed by atoms with Crippen LogP contribution in [0.1, 0.15) is 11.5 Å². The lowest BCUT2D eigenvalue weighted by atomic mass is 10.1. The summed E-state index contributed by atoms with van der Waals surface area (Å²) >= 11 is 0. The molecule has 2 aliphatic heterocycles. The smallest absolute Gasteiger partial charge is 0.481 e. The summed E-state index contributed by atoms with van der Waals surface area (Å²) in [7, 11) is 0. The quantitative estimate of drug-likeness (QED) is 0.333.